The van der Waals surface area contributed by atoms with Crippen molar-refractivity contribution in [3.63, 3.8) is 0 Å². The summed E-state index contributed by atoms with van der Waals surface area (Å²) in [6.45, 7) is 2.32. The molecule has 6 heteroatoms. The zero-order valence-corrected chi connectivity index (χ0v) is 12.4. The average molecular weight is 336 g/mol. The standard InChI is InChI=1S/C12H16BrClN2O2/c1-2-9(17)5-6-15-12(18)16-11-4-3-8(13)7-10(11)14/h3-4,7,9,17H,2,5-6H2,1H3,(H2,15,16,18). The lowest BCUT2D eigenvalue weighted by Crippen LogP contribution is -2.31. The Morgan fingerprint density at radius 2 is 2.28 bits per heavy atom. The first kappa shape index (κ1) is 15.3. The van der Waals surface area contributed by atoms with Crippen molar-refractivity contribution in [2.24, 2.45) is 0 Å². The van der Waals surface area contributed by atoms with E-state index < -0.39 is 0 Å². The van der Waals surface area contributed by atoms with Crippen LogP contribution in [0.3, 0.4) is 0 Å². The van der Waals surface area contributed by atoms with Crippen molar-refractivity contribution in [2.75, 3.05) is 11.9 Å². The molecule has 0 saturated heterocycles. The number of nitrogens with one attached hydrogen (secondary N) is 2. The number of urea groups is 1. The van der Waals surface area contributed by atoms with Gasteiger partial charge >= 0.3 is 6.03 Å². The number of halogens is 2. The van der Waals surface area contributed by atoms with Gasteiger partial charge in [0.1, 0.15) is 0 Å². The van der Waals surface area contributed by atoms with Crippen LogP contribution in [-0.2, 0) is 0 Å². The van der Waals surface area contributed by atoms with E-state index in [2.05, 4.69) is 26.6 Å². The molecule has 0 bridgehead atoms. The molecule has 0 aliphatic heterocycles. The van der Waals surface area contributed by atoms with E-state index in [1.54, 1.807) is 18.2 Å². The Labute approximate surface area is 120 Å². The monoisotopic (exact) mass is 334 g/mol. The van der Waals surface area contributed by atoms with E-state index in [0.717, 1.165) is 4.47 Å². The second kappa shape index (κ2) is 7.61. The molecule has 2 amide bonds. The summed E-state index contributed by atoms with van der Waals surface area (Å²) in [5, 5.41) is 15.1. The number of carbonyl (C=O) groups excluding carboxylic acids is 1. The van der Waals surface area contributed by atoms with Crippen molar-refractivity contribution >= 4 is 39.2 Å². The molecule has 0 aliphatic rings. The molecule has 18 heavy (non-hydrogen) atoms. The minimum Gasteiger partial charge on any atom is -0.393 e. The largest absolute Gasteiger partial charge is 0.393 e. The average Bonchev–Trinajstić information content (AvgIpc) is 2.32. The van der Waals surface area contributed by atoms with Gasteiger partial charge in [-0.3, -0.25) is 0 Å². The number of hydrogen-bond acceptors (Lipinski definition) is 2. The van der Waals surface area contributed by atoms with Gasteiger partial charge in [0.05, 0.1) is 16.8 Å². The molecule has 0 saturated carbocycles. The topological polar surface area (TPSA) is 61.4 Å². The second-order valence-electron chi connectivity index (χ2n) is 3.86. The third-order valence-electron chi connectivity index (χ3n) is 2.41. The summed E-state index contributed by atoms with van der Waals surface area (Å²) in [5.74, 6) is 0. The van der Waals surface area contributed by atoms with Crippen LogP contribution < -0.4 is 10.6 Å². The lowest BCUT2D eigenvalue weighted by molar-refractivity contribution is 0.160. The Hall–Kier alpha value is -0.780. The highest BCUT2D eigenvalue weighted by Crippen LogP contribution is 2.25. The number of anilines is 1. The van der Waals surface area contributed by atoms with Crippen molar-refractivity contribution in [1.29, 1.82) is 0 Å². The maximum atomic E-state index is 11.5. The molecule has 0 aromatic heterocycles. The zero-order valence-electron chi connectivity index (χ0n) is 10.0. The van der Waals surface area contributed by atoms with Gasteiger partial charge in [-0.25, -0.2) is 4.79 Å². The summed E-state index contributed by atoms with van der Waals surface area (Å²) < 4.78 is 0.851. The Balaban J connectivity index is 2.40. The molecule has 0 radical (unpaired) electrons. The van der Waals surface area contributed by atoms with E-state index in [4.69, 9.17) is 11.6 Å². The predicted octanol–water partition coefficient (Wildman–Crippen LogP) is 3.39. The number of amides is 2. The number of carbonyl (C=O) groups is 1. The lowest BCUT2D eigenvalue weighted by Gasteiger charge is -2.11. The maximum absolute atomic E-state index is 11.5. The van der Waals surface area contributed by atoms with E-state index in [1.165, 1.54) is 0 Å². The highest BCUT2D eigenvalue weighted by Gasteiger charge is 2.06. The van der Waals surface area contributed by atoms with Gasteiger partial charge in [0.2, 0.25) is 0 Å². The number of benzene rings is 1. The zero-order chi connectivity index (χ0) is 13.5. The summed E-state index contributed by atoms with van der Waals surface area (Å²) in [5.41, 5.74) is 0.549. The minimum atomic E-state index is -0.374. The first-order valence-electron chi connectivity index (χ1n) is 5.71. The van der Waals surface area contributed by atoms with Gasteiger partial charge in [0.25, 0.3) is 0 Å². The SMILES string of the molecule is CCC(O)CCNC(=O)Nc1ccc(Br)cc1Cl. The normalized spacial score (nSPS) is 12.0. The first-order chi connectivity index (χ1) is 8.52. The molecule has 0 heterocycles. The van der Waals surface area contributed by atoms with Crippen LogP contribution in [0.2, 0.25) is 5.02 Å². The van der Waals surface area contributed by atoms with Crippen LogP contribution in [0.1, 0.15) is 19.8 Å². The van der Waals surface area contributed by atoms with Gasteiger partial charge in [-0.2, -0.15) is 0 Å². The fourth-order valence-corrected chi connectivity index (χ4v) is 2.03. The molecule has 1 rings (SSSR count). The van der Waals surface area contributed by atoms with E-state index in [0.29, 0.717) is 30.1 Å². The Kier molecular flexibility index (Phi) is 6.46. The first-order valence-corrected chi connectivity index (χ1v) is 6.88. The molecule has 0 aliphatic carbocycles. The third-order valence-corrected chi connectivity index (χ3v) is 3.22. The van der Waals surface area contributed by atoms with Gasteiger partial charge in [-0.1, -0.05) is 34.5 Å². The fourth-order valence-electron chi connectivity index (χ4n) is 1.31. The van der Waals surface area contributed by atoms with E-state index in [1.807, 2.05) is 6.92 Å². The summed E-state index contributed by atoms with van der Waals surface area (Å²) in [7, 11) is 0. The smallest absolute Gasteiger partial charge is 0.319 e. The third kappa shape index (κ3) is 5.25. The van der Waals surface area contributed by atoms with E-state index in [-0.39, 0.29) is 12.1 Å². The van der Waals surface area contributed by atoms with Gasteiger partial charge in [-0.05, 0) is 31.0 Å². The summed E-state index contributed by atoms with van der Waals surface area (Å²) in [6.07, 6.45) is 0.849. The molecule has 4 nitrogen and oxygen atoms in total. The molecule has 1 atom stereocenters. The molecular formula is C12H16BrClN2O2. The molecule has 1 aromatic rings. The molecule has 100 valence electrons. The highest BCUT2D eigenvalue weighted by atomic mass is 79.9. The molecule has 0 fully saturated rings. The van der Waals surface area contributed by atoms with Crippen molar-refractivity contribution in [3.8, 4) is 0 Å². The van der Waals surface area contributed by atoms with Crippen molar-refractivity contribution in [2.45, 2.75) is 25.9 Å². The highest BCUT2D eigenvalue weighted by molar-refractivity contribution is 9.10. The minimum absolute atomic E-state index is 0.331. The van der Waals surface area contributed by atoms with Gasteiger partial charge in [0, 0.05) is 11.0 Å². The summed E-state index contributed by atoms with van der Waals surface area (Å²) >= 11 is 9.26. The Morgan fingerprint density at radius 1 is 1.56 bits per heavy atom. The molecule has 0 spiro atoms. The van der Waals surface area contributed by atoms with Crippen LogP contribution in [0.15, 0.2) is 22.7 Å². The Bertz CT molecular complexity index is 415. The van der Waals surface area contributed by atoms with Crippen molar-refractivity contribution in [1.82, 2.24) is 5.32 Å². The van der Waals surface area contributed by atoms with Gasteiger partial charge in [0.15, 0.2) is 0 Å². The summed E-state index contributed by atoms with van der Waals surface area (Å²) in [6, 6.07) is 4.88. The number of aliphatic hydroxyl groups excluding tert-OH is 1. The van der Waals surface area contributed by atoms with Crippen LogP contribution in [0.5, 0.6) is 0 Å². The second-order valence-corrected chi connectivity index (χ2v) is 5.18. The molecule has 1 aromatic carbocycles. The van der Waals surface area contributed by atoms with E-state index in [9.17, 15) is 9.90 Å². The molecular weight excluding hydrogens is 320 g/mol. The van der Waals surface area contributed by atoms with Crippen LogP contribution >= 0.6 is 27.5 Å². The predicted molar refractivity (Wildman–Crippen MR) is 77.1 cm³/mol. The maximum Gasteiger partial charge on any atom is 0.319 e. The van der Waals surface area contributed by atoms with Crippen molar-refractivity contribution in [3.05, 3.63) is 27.7 Å². The van der Waals surface area contributed by atoms with Crippen LogP contribution in [0.25, 0.3) is 0 Å². The number of rotatable bonds is 5. The molecule has 1 unspecified atom stereocenters. The van der Waals surface area contributed by atoms with Crippen LogP contribution in [0, 0.1) is 0 Å². The summed E-state index contributed by atoms with van der Waals surface area (Å²) in [4.78, 5) is 11.5. The van der Waals surface area contributed by atoms with E-state index >= 15 is 0 Å². The number of hydrogen-bond donors (Lipinski definition) is 3. The lowest BCUT2D eigenvalue weighted by atomic mass is 10.2. The quantitative estimate of drug-likeness (QED) is 0.772. The van der Waals surface area contributed by atoms with Crippen molar-refractivity contribution < 1.29 is 9.90 Å². The van der Waals surface area contributed by atoms with Gasteiger partial charge < -0.3 is 15.7 Å². The van der Waals surface area contributed by atoms with Crippen LogP contribution in [-0.4, -0.2) is 23.8 Å². The fraction of sp³-hybridized carbons (Fsp3) is 0.417. The number of aliphatic hydroxyl groups is 1. The molecule has 3 N–H and O–H groups in total. The van der Waals surface area contributed by atoms with Crippen LogP contribution in [0.4, 0.5) is 10.5 Å². The Morgan fingerprint density at radius 3 is 2.89 bits per heavy atom. The van der Waals surface area contributed by atoms with Gasteiger partial charge in [-0.15, -0.1) is 0 Å².